The molecule has 2 N–H and O–H groups in total. The van der Waals surface area contributed by atoms with Crippen molar-refractivity contribution in [1.82, 2.24) is 0 Å². The van der Waals surface area contributed by atoms with Gasteiger partial charge < -0.3 is 15.4 Å². The van der Waals surface area contributed by atoms with Crippen molar-refractivity contribution in [3.05, 3.63) is 53.1 Å². The molecule has 0 aliphatic rings. The van der Waals surface area contributed by atoms with Gasteiger partial charge in [0.25, 0.3) is 0 Å². The maximum atomic E-state index is 5.43. The van der Waals surface area contributed by atoms with E-state index in [1.807, 2.05) is 31.2 Å². The number of benzene rings is 2. The smallest absolute Gasteiger partial charge is 0.175 e. The van der Waals surface area contributed by atoms with Crippen molar-refractivity contribution in [1.29, 1.82) is 0 Å². The average Bonchev–Trinajstić information content (AvgIpc) is 2.45. The van der Waals surface area contributed by atoms with Crippen molar-refractivity contribution in [3.8, 4) is 5.75 Å². The second kappa shape index (κ2) is 7.27. The van der Waals surface area contributed by atoms with E-state index in [2.05, 4.69) is 43.5 Å². The Labute approximate surface area is 137 Å². The molecule has 4 heteroatoms. The molecule has 0 aliphatic heterocycles. The van der Waals surface area contributed by atoms with Gasteiger partial charge in [-0.2, -0.15) is 0 Å². The van der Waals surface area contributed by atoms with Crippen molar-refractivity contribution in [2.24, 2.45) is 0 Å². The predicted octanol–water partition coefficient (Wildman–Crippen LogP) is 4.82. The summed E-state index contributed by atoms with van der Waals surface area (Å²) < 4.78 is 5.43. The largest absolute Gasteiger partial charge is 0.494 e. The SMILES string of the molecule is CCOc1ccc(NC(=S)Nc2c(C)cc(C)cc2C)cc1. The molecule has 0 atom stereocenters. The summed E-state index contributed by atoms with van der Waals surface area (Å²) in [7, 11) is 0. The first-order valence-electron chi connectivity index (χ1n) is 7.38. The molecule has 2 rings (SSSR count). The van der Waals surface area contributed by atoms with Gasteiger partial charge in [-0.25, -0.2) is 0 Å². The lowest BCUT2D eigenvalue weighted by Crippen LogP contribution is -2.20. The number of rotatable bonds is 4. The van der Waals surface area contributed by atoms with Gasteiger partial charge in [-0.1, -0.05) is 17.7 Å². The first-order valence-corrected chi connectivity index (χ1v) is 7.79. The zero-order valence-corrected chi connectivity index (χ0v) is 14.3. The predicted molar refractivity (Wildman–Crippen MR) is 98.1 cm³/mol. The number of thiocarbonyl (C=S) groups is 1. The van der Waals surface area contributed by atoms with Gasteiger partial charge in [-0.3, -0.25) is 0 Å². The van der Waals surface area contributed by atoms with E-state index in [1.54, 1.807) is 0 Å². The Morgan fingerprint density at radius 3 is 2.14 bits per heavy atom. The zero-order chi connectivity index (χ0) is 16.1. The topological polar surface area (TPSA) is 33.3 Å². The van der Waals surface area contributed by atoms with Crippen molar-refractivity contribution in [2.45, 2.75) is 27.7 Å². The molecule has 0 unspecified atom stereocenters. The highest BCUT2D eigenvalue weighted by Gasteiger charge is 2.06. The summed E-state index contributed by atoms with van der Waals surface area (Å²) in [5, 5.41) is 7.06. The summed E-state index contributed by atoms with van der Waals surface area (Å²) in [6, 6.07) is 12.1. The standard InChI is InChI=1S/C18H22N2OS/c1-5-21-16-8-6-15(7-9-16)19-18(22)20-17-13(3)10-12(2)11-14(17)4/h6-11H,5H2,1-4H3,(H2,19,20,22). The number of ether oxygens (including phenoxy) is 1. The molecule has 0 radical (unpaired) electrons. The molecule has 0 aromatic heterocycles. The Morgan fingerprint density at radius 2 is 1.59 bits per heavy atom. The molecular weight excluding hydrogens is 292 g/mol. The molecule has 22 heavy (non-hydrogen) atoms. The third kappa shape index (κ3) is 4.21. The Bertz CT molecular complexity index is 642. The number of hydrogen-bond acceptors (Lipinski definition) is 2. The van der Waals surface area contributed by atoms with E-state index in [4.69, 9.17) is 17.0 Å². The van der Waals surface area contributed by atoms with Crippen LogP contribution in [0.5, 0.6) is 5.75 Å². The second-order valence-corrected chi connectivity index (χ2v) is 5.72. The van der Waals surface area contributed by atoms with Crippen LogP contribution < -0.4 is 15.4 Å². The normalized spacial score (nSPS) is 10.2. The van der Waals surface area contributed by atoms with Gasteiger partial charge >= 0.3 is 0 Å². The van der Waals surface area contributed by atoms with Crippen LogP contribution in [-0.2, 0) is 0 Å². The van der Waals surface area contributed by atoms with E-state index >= 15 is 0 Å². The van der Waals surface area contributed by atoms with Crippen molar-refractivity contribution < 1.29 is 4.74 Å². The summed E-state index contributed by atoms with van der Waals surface area (Å²) in [5.41, 5.74) is 5.63. The Morgan fingerprint density at radius 1 is 1.00 bits per heavy atom. The summed E-state index contributed by atoms with van der Waals surface area (Å²) in [5.74, 6) is 0.858. The van der Waals surface area contributed by atoms with Gasteiger partial charge in [0.15, 0.2) is 5.11 Å². The van der Waals surface area contributed by atoms with Gasteiger partial charge in [-0.05, 0) is 75.3 Å². The third-order valence-corrected chi connectivity index (χ3v) is 3.54. The lowest BCUT2D eigenvalue weighted by molar-refractivity contribution is 0.340. The van der Waals surface area contributed by atoms with E-state index in [0.717, 1.165) is 17.1 Å². The van der Waals surface area contributed by atoms with Crippen LogP contribution in [0.1, 0.15) is 23.6 Å². The Balaban J connectivity index is 2.04. The van der Waals surface area contributed by atoms with Gasteiger partial charge in [0, 0.05) is 11.4 Å². The number of nitrogens with one attached hydrogen (secondary N) is 2. The minimum Gasteiger partial charge on any atom is -0.494 e. The van der Waals surface area contributed by atoms with Crippen molar-refractivity contribution in [2.75, 3.05) is 17.2 Å². The molecule has 0 amide bonds. The van der Waals surface area contributed by atoms with Crippen LogP contribution in [0.25, 0.3) is 0 Å². The van der Waals surface area contributed by atoms with Crippen LogP contribution in [0.2, 0.25) is 0 Å². The van der Waals surface area contributed by atoms with E-state index < -0.39 is 0 Å². The Kier molecular flexibility index (Phi) is 5.39. The Hall–Kier alpha value is -2.07. The third-order valence-electron chi connectivity index (χ3n) is 3.34. The summed E-state index contributed by atoms with van der Waals surface area (Å²) >= 11 is 5.40. The van der Waals surface area contributed by atoms with Gasteiger partial charge in [0.05, 0.1) is 6.61 Å². The summed E-state index contributed by atoms with van der Waals surface area (Å²) in [6.45, 7) is 8.90. The molecule has 0 heterocycles. The molecule has 0 saturated carbocycles. The summed E-state index contributed by atoms with van der Waals surface area (Å²) in [6.07, 6.45) is 0. The molecule has 0 spiro atoms. The maximum absolute atomic E-state index is 5.43. The lowest BCUT2D eigenvalue weighted by atomic mass is 10.1. The first kappa shape index (κ1) is 16.3. The van der Waals surface area contributed by atoms with Crippen molar-refractivity contribution in [3.63, 3.8) is 0 Å². The fourth-order valence-corrected chi connectivity index (χ4v) is 2.67. The fraction of sp³-hybridized carbons (Fsp3) is 0.278. The lowest BCUT2D eigenvalue weighted by Gasteiger charge is -2.16. The van der Waals surface area contributed by atoms with E-state index in [0.29, 0.717) is 11.7 Å². The highest BCUT2D eigenvalue weighted by atomic mass is 32.1. The second-order valence-electron chi connectivity index (χ2n) is 5.31. The van der Waals surface area contributed by atoms with Crippen molar-refractivity contribution >= 4 is 28.7 Å². The van der Waals surface area contributed by atoms with Gasteiger partial charge in [0.2, 0.25) is 0 Å². The zero-order valence-electron chi connectivity index (χ0n) is 13.5. The molecule has 0 saturated heterocycles. The minimum absolute atomic E-state index is 0.583. The van der Waals surface area contributed by atoms with Gasteiger partial charge in [0.1, 0.15) is 5.75 Å². The monoisotopic (exact) mass is 314 g/mol. The van der Waals surface area contributed by atoms with Crippen LogP contribution in [0.4, 0.5) is 11.4 Å². The number of aryl methyl sites for hydroxylation is 3. The van der Waals surface area contributed by atoms with E-state index in [9.17, 15) is 0 Å². The number of hydrogen-bond donors (Lipinski definition) is 2. The van der Waals surface area contributed by atoms with Crippen LogP contribution >= 0.6 is 12.2 Å². The maximum Gasteiger partial charge on any atom is 0.175 e. The summed E-state index contributed by atoms with van der Waals surface area (Å²) in [4.78, 5) is 0. The van der Waals surface area contributed by atoms with E-state index in [-0.39, 0.29) is 0 Å². The highest BCUT2D eigenvalue weighted by molar-refractivity contribution is 7.80. The minimum atomic E-state index is 0.583. The molecule has 2 aromatic carbocycles. The molecule has 0 fully saturated rings. The van der Waals surface area contributed by atoms with Gasteiger partial charge in [-0.15, -0.1) is 0 Å². The van der Waals surface area contributed by atoms with Crippen LogP contribution in [-0.4, -0.2) is 11.7 Å². The molecule has 0 aliphatic carbocycles. The van der Waals surface area contributed by atoms with Crippen LogP contribution in [0.3, 0.4) is 0 Å². The van der Waals surface area contributed by atoms with Crippen LogP contribution in [0, 0.1) is 20.8 Å². The van der Waals surface area contributed by atoms with E-state index in [1.165, 1.54) is 16.7 Å². The molecule has 2 aromatic rings. The molecule has 0 bridgehead atoms. The molecular formula is C18H22N2OS. The molecule has 3 nitrogen and oxygen atoms in total. The molecule has 116 valence electrons. The average molecular weight is 314 g/mol. The quantitative estimate of drug-likeness (QED) is 0.793. The fourth-order valence-electron chi connectivity index (χ4n) is 2.45. The highest BCUT2D eigenvalue weighted by Crippen LogP contribution is 2.22. The van der Waals surface area contributed by atoms with Crippen LogP contribution in [0.15, 0.2) is 36.4 Å². The number of anilines is 2. The first-order chi connectivity index (χ1) is 10.5.